The van der Waals surface area contributed by atoms with Crippen LogP contribution in [0.3, 0.4) is 0 Å². The molecule has 0 radical (unpaired) electrons. The molecular formula is C14H17BrOS. The number of hydrogen-bond acceptors (Lipinski definition) is 2. The Hall–Kier alpha value is 0.01000. The summed E-state index contributed by atoms with van der Waals surface area (Å²) >= 11 is 5.74. The van der Waals surface area contributed by atoms with Gasteiger partial charge in [0, 0.05) is 16.6 Å². The van der Waals surface area contributed by atoms with Crippen molar-refractivity contribution < 1.29 is 5.11 Å². The maximum Gasteiger partial charge on any atom is 0.0690 e. The number of hydrogen-bond donors (Lipinski definition) is 1. The molecule has 1 unspecified atom stereocenters. The molecule has 92 valence electrons. The van der Waals surface area contributed by atoms with Crippen LogP contribution in [0.25, 0.3) is 0 Å². The molecular weight excluding hydrogens is 296 g/mol. The molecule has 0 amide bonds. The molecule has 0 spiro atoms. The quantitative estimate of drug-likeness (QED) is 0.917. The third-order valence-corrected chi connectivity index (χ3v) is 5.64. The van der Waals surface area contributed by atoms with Crippen LogP contribution in [0.5, 0.6) is 0 Å². The Labute approximate surface area is 115 Å². The van der Waals surface area contributed by atoms with Crippen molar-refractivity contribution in [2.24, 2.45) is 0 Å². The third kappa shape index (κ3) is 2.72. The van der Waals surface area contributed by atoms with Crippen molar-refractivity contribution in [1.29, 1.82) is 0 Å². The summed E-state index contributed by atoms with van der Waals surface area (Å²) in [5, 5.41) is 9.94. The van der Waals surface area contributed by atoms with Crippen molar-refractivity contribution in [2.45, 2.75) is 37.2 Å². The minimum atomic E-state index is -0.385. The third-order valence-electron chi connectivity index (χ3n) is 3.79. The monoisotopic (exact) mass is 312 g/mol. The summed E-state index contributed by atoms with van der Waals surface area (Å²) in [7, 11) is 0. The standard InChI is InChI=1S/C14H17BrOS/c15-13-7-10(8-14(16)4-5-14)1-2-12(13)11-3-6-17-9-11/h1-2,7,11,16H,3-6,8-9H2. The zero-order valence-electron chi connectivity index (χ0n) is 9.79. The lowest BCUT2D eigenvalue weighted by Gasteiger charge is -2.14. The van der Waals surface area contributed by atoms with Gasteiger partial charge in [-0.15, -0.1) is 0 Å². The summed E-state index contributed by atoms with van der Waals surface area (Å²) in [6.07, 6.45) is 4.04. The molecule has 2 fully saturated rings. The average molecular weight is 313 g/mol. The lowest BCUT2D eigenvalue weighted by atomic mass is 9.96. The van der Waals surface area contributed by atoms with E-state index in [4.69, 9.17) is 0 Å². The molecule has 1 heterocycles. The van der Waals surface area contributed by atoms with Crippen LogP contribution in [0, 0.1) is 0 Å². The fourth-order valence-corrected chi connectivity index (χ4v) is 4.49. The molecule has 2 aliphatic rings. The second-order valence-corrected chi connectivity index (χ2v) is 7.32. The predicted octanol–water partition coefficient (Wildman–Crippen LogP) is 3.74. The van der Waals surface area contributed by atoms with Crippen LogP contribution < -0.4 is 0 Å². The van der Waals surface area contributed by atoms with Crippen molar-refractivity contribution in [2.75, 3.05) is 11.5 Å². The molecule has 0 bridgehead atoms. The minimum Gasteiger partial charge on any atom is -0.390 e. The van der Waals surface area contributed by atoms with Gasteiger partial charge in [0.2, 0.25) is 0 Å². The number of halogens is 1. The highest BCUT2D eigenvalue weighted by molar-refractivity contribution is 9.10. The lowest BCUT2D eigenvalue weighted by molar-refractivity contribution is 0.151. The van der Waals surface area contributed by atoms with Gasteiger partial charge in [-0.3, -0.25) is 0 Å². The van der Waals surface area contributed by atoms with Crippen molar-refractivity contribution >= 4 is 27.7 Å². The van der Waals surface area contributed by atoms with E-state index in [1.165, 1.54) is 33.5 Å². The van der Waals surface area contributed by atoms with E-state index in [-0.39, 0.29) is 5.60 Å². The first-order chi connectivity index (χ1) is 8.16. The van der Waals surface area contributed by atoms with Crippen LogP contribution >= 0.6 is 27.7 Å². The maximum atomic E-state index is 9.94. The summed E-state index contributed by atoms with van der Waals surface area (Å²) in [5.41, 5.74) is 2.32. The Morgan fingerprint density at radius 2 is 2.24 bits per heavy atom. The normalized spacial score (nSPS) is 26.1. The van der Waals surface area contributed by atoms with E-state index in [1.54, 1.807) is 0 Å². The maximum absolute atomic E-state index is 9.94. The summed E-state index contributed by atoms with van der Waals surface area (Å²) in [4.78, 5) is 0. The Morgan fingerprint density at radius 1 is 1.41 bits per heavy atom. The Bertz CT molecular complexity index is 422. The number of aliphatic hydroxyl groups is 1. The van der Waals surface area contributed by atoms with Gasteiger partial charge in [0.25, 0.3) is 0 Å². The summed E-state index contributed by atoms with van der Waals surface area (Å²) in [6, 6.07) is 6.65. The van der Waals surface area contributed by atoms with Gasteiger partial charge in [0.15, 0.2) is 0 Å². The van der Waals surface area contributed by atoms with Crippen molar-refractivity contribution in [3.63, 3.8) is 0 Å². The average Bonchev–Trinajstić information content (AvgIpc) is 2.81. The summed E-state index contributed by atoms with van der Waals surface area (Å²) in [5.74, 6) is 3.26. The van der Waals surface area contributed by atoms with Crippen LogP contribution in [0.1, 0.15) is 36.3 Å². The molecule has 3 rings (SSSR count). The molecule has 1 aromatic carbocycles. The Morgan fingerprint density at radius 3 is 2.82 bits per heavy atom. The highest BCUT2D eigenvalue weighted by atomic mass is 79.9. The van der Waals surface area contributed by atoms with Crippen molar-refractivity contribution in [3.05, 3.63) is 33.8 Å². The van der Waals surface area contributed by atoms with Crippen molar-refractivity contribution in [3.8, 4) is 0 Å². The first-order valence-corrected chi connectivity index (χ1v) is 8.20. The van der Waals surface area contributed by atoms with E-state index >= 15 is 0 Å². The largest absolute Gasteiger partial charge is 0.390 e. The summed E-state index contributed by atoms with van der Waals surface area (Å²) in [6.45, 7) is 0. The molecule has 17 heavy (non-hydrogen) atoms. The van der Waals surface area contributed by atoms with Gasteiger partial charge in [-0.1, -0.05) is 28.1 Å². The van der Waals surface area contributed by atoms with Gasteiger partial charge in [-0.2, -0.15) is 11.8 Å². The first kappa shape index (κ1) is 12.1. The SMILES string of the molecule is OC1(Cc2ccc(C3CCSC3)c(Br)c2)CC1. The van der Waals surface area contributed by atoms with Gasteiger partial charge in [0.05, 0.1) is 5.60 Å². The first-order valence-electron chi connectivity index (χ1n) is 6.25. The molecule has 1 nitrogen and oxygen atoms in total. The van der Waals surface area contributed by atoms with Crippen molar-refractivity contribution in [1.82, 2.24) is 0 Å². The minimum absolute atomic E-state index is 0.385. The summed E-state index contributed by atoms with van der Waals surface area (Å²) < 4.78 is 1.23. The molecule has 1 atom stereocenters. The van der Waals surface area contributed by atoms with Crippen LogP contribution in [-0.2, 0) is 6.42 Å². The fraction of sp³-hybridized carbons (Fsp3) is 0.571. The molecule has 1 saturated heterocycles. The van der Waals surface area contributed by atoms with Crippen LogP contribution in [-0.4, -0.2) is 22.2 Å². The van der Waals surface area contributed by atoms with Gasteiger partial charge in [-0.25, -0.2) is 0 Å². The molecule has 3 heteroatoms. The highest BCUT2D eigenvalue weighted by Crippen LogP contribution is 2.40. The number of thioether (sulfide) groups is 1. The van der Waals surface area contributed by atoms with Crippen LogP contribution in [0.2, 0.25) is 0 Å². The fourth-order valence-electron chi connectivity index (χ4n) is 2.49. The van der Waals surface area contributed by atoms with Gasteiger partial charge in [-0.05, 0) is 48.1 Å². The number of rotatable bonds is 3. The van der Waals surface area contributed by atoms with E-state index in [2.05, 4.69) is 34.1 Å². The zero-order chi connectivity index (χ0) is 11.9. The molecule has 0 aromatic heterocycles. The Balaban J connectivity index is 1.78. The lowest BCUT2D eigenvalue weighted by Crippen LogP contribution is -2.11. The van der Waals surface area contributed by atoms with E-state index in [0.717, 1.165) is 19.3 Å². The Kier molecular flexibility index (Phi) is 3.26. The van der Waals surface area contributed by atoms with Crippen LogP contribution in [0.15, 0.2) is 22.7 Å². The molecule has 1 aliphatic heterocycles. The second-order valence-electron chi connectivity index (χ2n) is 5.32. The van der Waals surface area contributed by atoms with Crippen LogP contribution in [0.4, 0.5) is 0 Å². The second kappa shape index (κ2) is 4.60. The van der Waals surface area contributed by atoms with Gasteiger partial charge < -0.3 is 5.11 Å². The molecule has 1 aliphatic carbocycles. The smallest absolute Gasteiger partial charge is 0.0690 e. The van der Waals surface area contributed by atoms with E-state index in [1.807, 2.05) is 11.8 Å². The van der Waals surface area contributed by atoms with E-state index in [9.17, 15) is 5.11 Å². The zero-order valence-corrected chi connectivity index (χ0v) is 12.2. The number of benzene rings is 1. The van der Waals surface area contributed by atoms with E-state index in [0.29, 0.717) is 5.92 Å². The molecule has 1 aromatic rings. The van der Waals surface area contributed by atoms with E-state index < -0.39 is 0 Å². The molecule has 1 saturated carbocycles. The molecule has 1 N–H and O–H groups in total. The van der Waals surface area contributed by atoms with Gasteiger partial charge >= 0.3 is 0 Å². The topological polar surface area (TPSA) is 20.2 Å². The predicted molar refractivity (Wildman–Crippen MR) is 76.7 cm³/mol. The van der Waals surface area contributed by atoms with Gasteiger partial charge in [0.1, 0.15) is 0 Å². The highest BCUT2D eigenvalue weighted by Gasteiger charge is 2.40.